The molecule has 24 heavy (non-hydrogen) atoms. The second-order valence-electron chi connectivity index (χ2n) is 5.36. The lowest BCUT2D eigenvalue weighted by atomic mass is 9.80. The number of nitrogens with zero attached hydrogens (tertiary/aromatic N) is 3. The zero-order valence-electron chi connectivity index (χ0n) is 12.5. The highest BCUT2D eigenvalue weighted by Gasteiger charge is 2.52. The summed E-state index contributed by atoms with van der Waals surface area (Å²) < 4.78 is 5.47. The largest absolute Gasteiger partial charge is 0.492 e. The second kappa shape index (κ2) is 6.16. The van der Waals surface area contributed by atoms with Crippen LogP contribution in [-0.4, -0.2) is 34.9 Å². The molecule has 2 aromatic rings. The topological polar surface area (TPSA) is 112 Å². The molecule has 0 bridgehead atoms. The number of Topliss-reactive ketones (excluding diaryl/α,β-unsaturated/α-hetero) is 2. The quantitative estimate of drug-likeness (QED) is 0.403. The summed E-state index contributed by atoms with van der Waals surface area (Å²) in [6, 6.07) is 14.4. The van der Waals surface area contributed by atoms with Crippen molar-refractivity contribution in [3.8, 4) is 5.75 Å². The molecule has 2 aromatic carbocycles. The summed E-state index contributed by atoms with van der Waals surface area (Å²) in [5, 5.41) is 14.0. The van der Waals surface area contributed by atoms with Gasteiger partial charge in [0.2, 0.25) is 0 Å². The van der Waals surface area contributed by atoms with Crippen molar-refractivity contribution in [3.05, 3.63) is 76.2 Å². The highest BCUT2D eigenvalue weighted by molar-refractivity contribution is 6.12. The average Bonchev–Trinajstić information content (AvgIpc) is 2.64. The Labute approximate surface area is 137 Å². The van der Waals surface area contributed by atoms with E-state index in [1.54, 1.807) is 36.4 Å². The third kappa shape index (κ3) is 2.42. The van der Waals surface area contributed by atoms with Gasteiger partial charge in [-0.2, -0.15) is 0 Å². The number of fused-ring (bicyclic) bond motifs is 1. The highest BCUT2D eigenvalue weighted by Crippen LogP contribution is 2.34. The van der Waals surface area contributed by atoms with Crippen LogP contribution in [0.15, 0.2) is 59.7 Å². The first-order valence-electron chi connectivity index (χ1n) is 7.20. The maximum atomic E-state index is 12.8. The van der Waals surface area contributed by atoms with Crippen molar-refractivity contribution >= 4 is 11.6 Å². The van der Waals surface area contributed by atoms with Crippen LogP contribution in [0.1, 0.15) is 20.7 Å². The van der Waals surface area contributed by atoms with Crippen LogP contribution in [0, 0.1) is 0 Å². The lowest BCUT2D eigenvalue weighted by Crippen LogP contribution is -2.57. The number of ether oxygens (including phenoxy) is 1. The number of hydrogen-bond acceptors (Lipinski definition) is 5. The van der Waals surface area contributed by atoms with E-state index < -0.39 is 29.8 Å². The zero-order valence-corrected chi connectivity index (χ0v) is 12.5. The molecule has 0 radical (unpaired) electrons. The van der Waals surface area contributed by atoms with Gasteiger partial charge in [-0.05, 0) is 17.7 Å². The van der Waals surface area contributed by atoms with E-state index in [4.69, 9.17) is 10.3 Å². The normalized spacial score (nSPS) is 20.3. The predicted octanol–water partition coefficient (Wildman–Crippen LogP) is 2.55. The van der Waals surface area contributed by atoms with Crippen LogP contribution in [0.2, 0.25) is 0 Å². The molecular weight excluding hydrogens is 310 g/mol. The fraction of sp³-hybridized carbons (Fsp3) is 0.176. The number of azide groups is 1. The fourth-order valence-electron chi connectivity index (χ4n) is 2.66. The van der Waals surface area contributed by atoms with Gasteiger partial charge in [0.25, 0.3) is 0 Å². The van der Waals surface area contributed by atoms with E-state index in [1.807, 2.05) is 0 Å². The van der Waals surface area contributed by atoms with E-state index in [1.165, 1.54) is 18.2 Å². The standard InChI is InChI=1S/C17H13N3O4/c18-20-19-17(16(23)14(21)11-6-2-1-3-7-11)10-24-13-9-5-4-8-12(13)15(17)22/h1-9,16,23H,10H2/t16-,17+/m1/s1. The molecule has 1 heterocycles. The van der Waals surface area contributed by atoms with Crippen molar-refractivity contribution in [1.29, 1.82) is 0 Å². The van der Waals surface area contributed by atoms with Crippen LogP contribution in [0.25, 0.3) is 10.4 Å². The molecule has 0 saturated heterocycles. The Kier molecular flexibility index (Phi) is 4.04. The summed E-state index contributed by atoms with van der Waals surface area (Å²) in [6.07, 6.45) is -1.85. The molecule has 7 nitrogen and oxygen atoms in total. The molecular formula is C17H13N3O4. The molecule has 0 unspecified atom stereocenters. The number of rotatable bonds is 4. The van der Waals surface area contributed by atoms with Crippen molar-refractivity contribution in [2.45, 2.75) is 11.6 Å². The Bertz CT molecular complexity index is 846. The monoisotopic (exact) mass is 323 g/mol. The second-order valence-corrected chi connectivity index (χ2v) is 5.36. The third-order valence-corrected chi connectivity index (χ3v) is 3.95. The van der Waals surface area contributed by atoms with Gasteiger partial charge in [-0.25, -0.2) is 0 Å². The number of hydrogen-bond donors (Lipinski definition) is 1. The third-order valence-electron chi connectivity index (χ3n) is 3.95. The number of carbonyl (C=O) groups excluding carboxylic acids is 2. The lowest BCUT2D eigenvalue weighted by molar-refractivity contribution is 0.0311. The van der Waals surface area contributed by atoms with E-state index in [0.29, 0.717) is 5.75 Å². The Morgan fingerprint density at radius 3 is 2.58 bits per heavy atom. The Morgan fingerprint density at radius 1 is 1.21 bits per heavy atom. The highest BCUT2D eigenvalue weighted by atomic mass is 16.5. The number of para-hydroxylation sites is 1. The van der Waals surface area contributed by atoms with Crippen LogP contribution < -0.4 is 4.74 Å². The minimum absolute atomic E-state index is 0.163. The molecule has 0 aliphatic carbocycles. The van der Waals surface area contributed by atoms with Gasteiger partial charge in [0.1, 0.15) is 18.5 Å². The summed E-state index contributed by atoms with van der Waals surface area (Å²) in [4.78, 5) is 28.1. The molecule has 3 rings (SSSR count). The zero-order chi connectivity index (χ0) is 17.2. The molecule has 0 saturated carbocycles. The van der Waals surface area contributed by atoms with Crippen molar-refractivity contribution in [2.24, 2.45) is 5.11 Å². The van der Waals surface area contributed by atoms with Crippen LogP contribution in [0.5, 0.6) is 5.75 Å². The van der Waals surface area contributed by atoms with Gasteiger partial charge in [0.15, 0.2) is 17.1 Å². The first kappa shape index (κ1) is 15.7. The minimum atomic E-state index is -2.03. The van der Waals surface area contributed by atoms with Crippen LogP contribution >= 0.6 is 0 Å². The maximum absolute atomic E-state index is 12.8. The van der Waals surface area contributed by atoms with Crippen LogP contribution in [0.3, 0.4) is 0 Å². The first-order valence-corrected chi connectivity index (χ1v) is 7.20. The van der Waals surface area contributed by atoms with E-state index in [2.05, 4.69) is 10.0 Å². The number of ketones is 2. The fourth-order valence-corrected chi connectivity index (χ4v) is 2.66. The number of aliphatic hydroxyl groups excluding tert-OH is 1. The van der Waals surface area contributed by atoms with Crippen molar-refractivity contribution in [1.82, 2.24) is 0 Å². The van der Waals surface area contributed by atoms with Crippen molar-refractivity contribution in [2.75, 3.05) is 6.61 Å². The molecule has 0 aromatic heterocycles. The van der Waals surface area contributed by atoms with E-state index in [9.17, 15) is 14.7 Å². The van der Waals surface area contributed by atoms with Gasteiger partial charge < -0.3 is 9.84 Å². The maximum Gasteiger partial charge on any atom is 0.192 e. The summed E-state index contributed by atoms with van der Waals surface area (Å²) in [5.41, 5.74) is 7.22. The summed E-state index contributed by atoms with van der Waals surface area (Å²) in [6.45, 7) is -0.410. The Morgan fingerprint density at radius 2 is 1.88 bits per heavy atom. The van der Waals surface area contributed by atoms with E-state index in [-0.39, 0.29) is 11.1 Å². The number of benzene rings is 2. The SMILES string of the molecule is [N-]=[N+]=N[C@@]1([C@H](O)C(=O)c2ccccc2)COc2ccccc2C1=O. The van der Waals surface area contributed by atoms with Crippen molar-refractivity contribution < 1.29 is 19.4 Å². The Hall–Kier alpha value is -3.15. The molecule has 1 aliphatic rings. The summed E-state index contributed by atoms with van der Waals surface area (Å²) in [7, 11) is 0. The minimum Gasteiger partial charge on any atom is -0.492 e. The average molecular weight is 323 g/mol. The summed E-state index contributed by atoms with van der Waals surface area (Å²) in [5.74, 6) is -1.02. The molecule has 7 heteroatoms. The molecule has 0 fully saturated rings. The summed E-state index contributed by atoms with van der Waals surface area (Å²) >= 11 is 0. The van der Waals surface area contributed by atoms with E-state index in [0.717, 1.165) is 0 Å². The van der Waals surface area contributed by atoms with Gasteiger partial charge in [-0.3, -0.25) is 9.59 Å². The molecule has 0 spiro atoms. The molecule has 120 valence electrons. The number of carbonyl (C=O) groups is 2. The first-order chi connectivity index (χ1) is 11.6. The predicted molar refractivity (Wildman–Crippen MR) is 84.9 cm³/mol. The molecule has 0 amide bonds. The van der Waals surface area contributed by atoms with Gasteiger partial charge in [0.05, 0.1) is 5.56 Å². The smallest absolute Gasteiger partial charge is 0.192 e. The van der Waals surface area contributed by atoms with Gasteiger partial charge >= 0.3 is 0 Å². The van der Waals surface area contributed by atoms with E-state index >= 15 is 0 Å². The molecule has 1 N–H and O–H groups in total. The molecule has 1 aliphatic heterocycles. The van der Waals surface area contributed by atoms with Gasteiger partial charge in [-0.1, -0.05) is 47.6 Å². The lowest BCUT2D eigenvalue weighted by Gasteiger charge is -2.35. The van der Waals surface area contributed by atoms with Crippen molar-refractivity contribution in [3.63, 3.8) is 0 Å². The number of aliphatic hydroxyl groups is 1. The van der Waals surface area contributed by atoms with Crippen LogP contribution in [-0.2, 0) is 0 Å². The molecule has 2 atom stereocenters. The van der Waals surface area contributed by atoms with Gasteiger partial charge in [0, 0.05) is 10.5 Å². The van der Waals surface area contributed by atoms with Gasteiger partial charge in [-0.15, -0.1) is 0 Å². The Balaban J connectivity index is 2.06. The van der Waals surface area contributed by atoms with Crippen LogP contribution in [0.4, 0.5) is 0 Å².